The maximum atomic E-state index is 3.25. The molecule has 1 aliphatic rings. The maximum absolute atomic E-state index is 3.25. The SMILES string of the molecule is CC(C)(C)c1ccc2[cH-]c3ccc(C(C)(C)C)cc3c2c1.CC1[C-]=CC(c2ccccc2)=C1.C[C](C)=[Zr+2]. The molecule has 1 heteroatoms. The van der Waals surface area contributed by atoms with Crippen LogP contribution in [0.5, 0.6) is 0 Å². The minimum absolute atomic E-state index is 0.194. The first-order chi connectivity index (χ1) is 17.3. The summed E-state index contributed by atoms with van der Waals surface area (Å²) in [6, 6.07) is 26.6. The van der Waals surface area contributed by atoms with Gasteiger partial charge in [-0.2, -0.15) is 11.6 Å². The topological polar surface area (TPSA) is 0 Å². The molecule has 0 aromatic heterocycles. The minimum atomic E-state index is 0.194. The van der Waals surface area contributed by atoms with E-state index in [0.29, 0.717) is 5.92 Å². The van der Waals surface area contributed by atoms with Gasteiger partial charge in [-0.3, -0.25) is 6.08 Å². The summed E-state index contributed by atoms with van der Waals surface area (Å²) in [5, 5.41) is 5.49. The zero-order valence-corrected chi connectivity index (χ0v) is 26.6. The molecule has 0 spiro atoms. The van der Waals surface area contributed by atoms with Gasteiger partial charge in [-0.05, 0) is 10.8 Å². The molecule has 0 aliphatic heterocycles. The van der Waals surface area contributed by atoms with E-state index in [1.54, 1.807) is 24.2 Å². The van der Waals surface area contributed by atoms with Crippen molar-refractivity contribution in [3.8, 4) is 0 Å². The van der Waals surface area contributed by atoms with Gasteiger partial charge in [0.1, 0.15) is 0 Å². The first-order valence-electron chi connectivity index (χ1n) is 13.3. The van der Waals surface area contributed by atoms with Crippen LogP contribution in [0.25, 0.3) is 27.1 Å². The van der Waals surface area contributed by atoms with Crippen LogP contribution in [-0.4, -0.2) is 3.21 Å². The summed E-state index contributed by atoms with van der Waals surface area (Å²) < 4.78 is 1.51. The van der Waals surface area contributed by atoms with Gasteiger partial charge in [-0.25, -0.2) is 6.08 Å². The van der Waals surface area contributed by atoms with Crippen molar-refractivity contribution in [3.63, 3.8) is 0 Å². The molecule has 1 atom stereocenters. The number of hydrogen-bond acceptors (Lipinski definition) is 0. The van der Waals surface area contributed by atoms with Crippen LogP contribution in [0.15, 0.2) is 84.9 Å². The molecule has 0 fully saturated rings. The second-order valence-corrected chi connectivity index (χ2v) is 14.8. The molecule has 0 radical (unpaired) electrons. The number of fused-ring (bicyclic) bond motifs is 3. The number of benzene rings is 3. The summed E-state index contributed by atoms with van der Waals surface area (Å²) in [6.45, 7) is 20.1. The second kappa shape index (κ2) is 12.1. The average molecular weight is 566 g/mol. The zero-order valence-electron chi connectivity index (χ0n) is 24.2. The molecule has 1 aliphatic carbocycles. The molecule has 0 amide bonds. The van der Waals surface area contributed by atoms with Crippen LogP contribution in [-0.2, 0) is 35.1 Å². The normalized spacial score (nSPS) is 15.1. The third-order valence-electron chi connectivity index (χ3n) is 6.48. The van der Waals surface area contributed by atoms with Gasteiger partial charge in [-0.15, -0.1) is 45.3 Å². The third-order valence-corrected chi connectivity index (χ3v) is 6.48. The fraction of sp³-hybridized carbons (Fsp3) is 0.333. The second-order valence-electron chi connectivity index (χ2n) is 12.3. The third kappa shape index (κ3) is 8.12. The Hall–Kier alpha value is -2.24. The molecule has 37 heavy (non-hydrogen) atoms. The predicted molar refractivity (Wildman–Crippen MR) is 162 cm³/mol. The van der Waals surface area contributed by atoms with E-state index < -0.39 is 0 Å². The molecule has 0 heterocycles. The van der Waals surface area contributed by atoms with E-state index in [4.69, 9.17) is 0 Å². The molecule has 0 saturated carbocycles. The van der Waals surface area contributed by atoms with Gasteiger partial charge in [0, 0.05) is 0 Å². The van der Waals surface area contributed by atoms with E-state index in [-0.39, 0.29) is 10.8 Å². The summed E-state index contributed by atoms with van der Waals surface area (Å²) in [6.07, 6.45) is 7.55. The van der Waals surface area contributed by atoms with Crippen molar-refractivity contribution < 1.29 is 24.2 Å². The monoisotopic (exact) mass is 564 g/mol. The summed E-state index contributed by atoms with van der Waals surface area (Å²) in [7, 11) is 0. The molecule has 0 bridgehead atoms. The van der Waals surface area contributed by atoms with E-state index in [0.717, 1.165) is 0 Å². The molecular formula is C36H42Zr. The molecule has 190 valence electrons. The zero-order chi connectivity index (χ0) is 27.4. The Kier molecular flexibility index (Phi) is 9.58. The van der Waals surface area contributed by atoms with Gasteiger partial charge in [0.05, 0.1) is 0 Å². The summed E-state index contributed by atoms with van der Waals surface area (Å²) in [5.41, 5.74) is 5.78. The summed E-state index contributed by atoms with van der Waals surface area (Å²) in [4.78, 5) is 0. The van der Waals surface area contributed by atoms with Gasteiger partial charge in [0.2, 0.25) is 0 Å². The first-order valence-corrected chi connectivity index (χ1v) is 14.5. The van der Waals surface area contributed by atoms with Gasteiger partial charge < -0.3 is 0 Å². The average Bonchev–Trinajstić information content (AvgIpc) is 3.41. The van der Waals surface area contributed by atoms with E-state index in [9.17, 15) is 0 Å². The molecule has 5 rings (SSSR count). The van der Waals surface area contributed by atoms with Crippen LogP contribution in [0.4, 0.5) is 0 Å². The van der Waals surface area contributed by atoms with Crippen LogP contribution in [0.2, 0.25) is 0 Å². The number of hydrogen-bond donors (Lipinski definition) is 0. The van der Waals surface area contributed by atoms with Crippen molar-refractivity contribution in [3.05, 3.63) is 108 Å². The predicted octanol–water partition coefficient (Wildman–Crippen LogP) is 10.1. The number of allylic oxidation sites excluding steroid dienone is 4. The Bertz CT molecular complexity index is 1340. The molecular weight excluding hydrogens is 524 g/mol. The molecule has 4 aromatic rings. The van der Waals surface area contributed by atoms with Crippen LogP contribution < -0.4 is 0 Å². The Morgan fingerprint density at radius 1 is 0.757 bits per heavy atom. The van der Waals surface area contributed by atoms with Gasteiger partial charge in [0.25, 0.3) is 0 Å². The van der Waals surface area contributed by atoms with Crippen LogP contribution in [0, 0.1) is 12.0 Å². The Morgan fingerprint density at radius 3 is 1.59 bits per heavy atom. The first kappa shape index (κ1) is 29.3. The van der Waals surface area contributed by atoms with E-state index in [1.165, 1.54) is 47.0 Å². The van der Waals surface area contributed by atoms with Gasteiger partial charge in [-0.1, -0.05) is 120 Å². The Labute approximate surface area is 240 Å². The van der Waals surface area contributed by atoms with E-state index in [2.05, 4.69) is 147 Å². The molecule has 0 saturated heterocycles. The Balaban J connectivity index is 0.000000200. The van der Waals surface area contributed by atoms with Crippen molar-refractivity contribution in [2.75, 3.05) is 0 Å². The van der Waals surface area contributed by atoms with Crippen molar-refractivity contribution in [2.24, 2.45) is 5.92 Å². The van der Waals surface area contributed by atoms with Crippen LogP contribution >= 0.6 is 0 Å². The molecule has 4 aromatic carbocycles. The quantitative estimate of drug-likeness (QED) is 0.201. The van der Waals surface area contributed by atoms with Crippen molar-refractivity contribution >= 4 is 30.3 Å². The van der Waals surface area contributed by atoms with Crippen LogP contribution in [0.1, 0.15) is 79.0 Å². The van der Waals surface area contributed by atoms with E-state index >= 15 is 0 Å². The van der Waals surface area contributed by atoms with Gasteiger partial charge in [0.15, 0.2) is 0 Å². The standard InChI is InChI=1S/C21H25.C12H11.C3H6.Zr/c1-20(2,3)16-9-7-14-11-15-8-10-17(21(4,5)6)13-19(15)18(14)12-16;1-10-7-8-12(9-10)11-5-3-2-4-6-11;1-3-2;/h7-13H,1-6H3;2-6,8-10H,1H3;1-2H3;/q2*-1;;+2. The van der Waals surface area contributed by atoms with E-state index in [1.807, 2.05) is 6.07 Å². The van der Waals surface area contributed by atoms with Crippen LogP contribution in [0.3, 0.4) is 0 Å². The summed E-state index contributed by atoms with van der Waals surface area (Å²) in [5.74, 6) is 0.472. The fourth-order valence-corrected chi connectivity index (χ4v) is 4.33. The number of rotatable bonds is 1. The molecule has 1 unspecified atom stereocenters. The van der Waals surface area contributed by atoms with Crippen molar-refractivity contribution in [2.45, 2.75) is 73.1 Å². The molecule has 0 nitrogen and oxygen atoms in total. The summed E-state index contributed by atoms with van der Waals surface area (Å²) >= 11 is 1.55. The van der Waals surface area contributed by atoms with Crippen molar-refractivity contribution in [1.82, 2.24) is 0 Å². The van der Waals surface area contributed by atoms with Crippen molar-refractivity contribution in [1.29, 1.82) is 0 Å². The fourth-order valence-electron chi connectivity index (χ4n) is 4.33. The van der Waals surface area contributed by atoms with Gasteiger partial charge >= 0.3 is 41.3 Å². The Morgan fingerprint density at radius 2 is 1.22 bits per heavy atom. The molecule has 0 N–H and O–H groups in total.